The van der Waals surface area contributed by atoms with Crippen LogP contribution in [0.5, 0.6) is 0 Å². The van der Waals surface area contributed by atoms with Gasteiger partial charge < -0.3 is 14.8 Å². The molecule has 0 aliphatic carbocycles. The van der Waals surface area contributed by atoms with Crippen molar-refractivity contribution in [1.82, 2.24) is 10.3 Å². The highest BCUT2D eigenvalue weighted by Crippen LogP contribution is 2.21. The van der Waals surface area contributed by atoms with Crippen LogP contribution in [0.25, 0.3) is 17.0 Å². The maximum absolute atomic E-state index is 13.5. The average molecular weight is 372 g/mol. The number of carbonyl (C=O) groups excluding carboxylic acids is 1. The van der Waals surface area contributed by atoms with Crippen LogP contribution < -0.4 is 5.32 Å². The first kappa shape index (κ1) is 19.3. The SMILES string of the molecule is CC(C)(C)OC(=O)N[C@H]1CC[C@H](C=Cc2ccnc3ccc(F)cc23)OC1. The largest absolute Gasteiger partial charge is 0.444 e. The van der Waals surface area contributed by atoms with E-state index in [0.29, 0.717) is 6.61 Å². The highest BCUT2D eigenvalue weighted by Gasteiger charge is 2.24. The molecule has 5 nitrogen and oxygen atoms in total. The number of nitrogens with one attached hydrogen (secondary N) is 1. The van der Waals surface area contributed by atoms with E-state index in [4.69, 9.17) is 9.47 Å². The summed E-state index contributed by atoms with van der Waals surface area (Å²) in [4.78, 5) is 16.1. The fourth-order valence-electron chi connectivity index (χ4n) is 3.01. The van der Waals surface area contributed by atoms with Crippen molar-refractivity contribution >= 4 is 23.1 Å². The van der Waals surface area contributed by atoms with E-state index >= 15 is 0 Å². The molecule has 0 radical (unpaired) electrons. The number of rotatable bonds is 3. The molecule has 0 bridgehead atoms. The van der Waals surface area contributed by atoms with Gasteiger partial charge in [0.2, 0.25) is 0 Å². The van der Waals surface area contributed by atoms with Crippen molar-refractivity contribution < 1.29 is 18.7 Å². The highest BCUT2D eigenvalue weighted by atomic mass is 19.1. The van der Waals surface area contributed by atoms with Crippen molar-refractivity contribution in [3.05, 3.63) is 47.9 Å². The van der Waals surface area contributed by atoms with Gasteiger partial charge in [0.15, 0.2) is 0 Å². The minimum atomic E-state index is -0.516. The molecule has 1 saturated heterocycles. The average Bonchev–Trinajstić information content (AvgIpc) is 2.59. The molecule has 2 heterocycles. The predicted molar refractivity (Wildman–Crippen MR) is 103 cm³/mol. The molecule has 6 heteroatoms. The molecule has 3 rings (SSSR count). The number of nitrogens with zero attached hydrogens (tertiary/aromatic N) is 1. The first-order chi connectivity index (χ1) is 12.8. The number of carbonyl (C=O) groups is 1. The Morgan fingerprint density at radius 3 is 2.85 bits per heavy atom. The Balaban J connectivity index is 1.57. The molecule has 1 aromatic carbocycles. The number of aromatic nitrogens is 1. The molecule has 27 heavy (non-hydrogen) atoms. The monoisotopic (exact) mass is 372 g/mol. The summed E-state index contributed by atoms with van der Waals surface area (Å²) in [5.74, 6) is -0.282. The van der Waals surface area contributed by atoms with Gasteiger partial charge in [-0.3, -0.25) is 4.98 Å². The fraction of sp³-hybridized carbons (Fsp3) is 0.429. The number of hydrogen-bond donors (Lipinski definition) is 1. The standard InChI is InChI=1S/C21H25FN2O3/c1-21(2,3)27-20(25)24-16-6-8-17(26-13-16)7-4-14-10-11-23-19-9-5-15(22)12-18(14)19/h4-5,7,9-12,16-17H,6,8,13H2,1-3H3,(H,24,25)/t16-,17-/m0/s1. The van der Waals surface area contributed by atoms with Gasteiger partial charge in [-0.1, -0.05) is 12.2 Å². The van der Waals surface area contributed by atoms with Gasteiger partial charge in [-0.25, -0.2) is 9.18 Å². The van der Waals surface area contributed by atoms with Crippen LogP contribution >= 0.6 is 0 Å². The fourth-order valence-corrected chi connectivity index (χ4v) is 3.01. The van der Waals surface area contributed by atoms with Crippen LogP contribution in [-0.2, 0) is 9.47 Å². The van der Waals surface area contributed by atoms with E-state index in [2.05, 4.69) is 10.3 Å². The van der Waals surface area contributed by atoms with Crippen LogP contribution in [0.1, 0.15) is 39.2 Å². The Kier molecular flexibility index (Phi) is 5.75. The number of amides is 1. The summed E-state index contributed by atoms with van der Waals surface area (Å²) in [5, 5.41) is 3.61. The van der Waals surface area contributed by atoms with E-state index in [-0.39, 0.29) is 18.0 Å². The molecule has 1 N–H and O–H groups in total. The minimum Gasteiger partial charge on any atom is -0.444 e. The summed E-state index contributed by atoms with van der Waals surface area (Å²) in [6.07, 6.45) is 6.75. The summed E-state index contributed by atoms with van der Waals surface area (Å²) >= 11 is 0. The Bertz CT molecular complexity index is 837. The van der Waals surface area contributed by atoms with Gasteiger partial charge in [-0.15, -0.1) is 0 Å². The second-order valence-electron chi connectivity index (χ2n) is 7.71. The van der Waals surface area contributed by atoms with Gasteiger partial charge in [-0.05, 0) is 63.4 Å². The molecule has 1 amide bonds. The van der Waals surface area contributed by atoms with Crippen molar-refractivity contribution in [3.8, 4) is 0 Å². The normalized spacial score (nSPS) is 20.7. The van der Waals surface area contributed by atoms with Crippen molar-refractivity contribution in [1.29, 1.82) is 0 Å². The second-order valence-corrected chi connectivity index (χ2v) is 7.71. The van der Waals surface area contributed by atoms with Crippen LogP contribution in [-0.4, -0.2) is 35.4 Å². The summed E-state index contributed by atoms with van der Waals surface area (Å²) in [5.41, 5.74) is 1.14. The molecular formula is C21H25FN2O3. The van der Waals surface area contributed by atoms with Gasteiger partial charge in [-0.2, -0.15) is 0 Å². The molecule has 1 aromatic heterocycles. The zero-order valence-electron chi connectivity index (χ0n) is 15.9. The van der Waals surface area contributed by atoms with Gasteiger partial charge in [0, 0.05) is 11.6 Å². The first-order valence-electron chi connectivity index (χ1n) is 9.14. The maximum atomic E-state index is 13.5. The van der Waals surface area contributed by atoms with Crippen LogP contribution in [0.2, 0.25) is 0 Å². The Labute approximate surface area is 158 Å². The molecule has 1 aliphatic heterocycles. The summed E-state index contributed by atoms with van der Waals surface area (Å²) < 4.78 is 24.6. The zero-order chi connectivity index (χ0) is 19.4. The van der Waals surface area contributed by atoms with Gasteiger partial charge in [0.05, 0.1) is 24.3 Å². The second kappa shape index (κ2) is 8.05. The number of fused-ring (bicyclic) bond motifs is 1. The van der Waals surface area contributed by atoms with E-state index in [0.717, 1.165) is 29.3 Å². The van der Waals surface area contributed by atoms with Crippen molar-refractivity contribution in [3.63, 3.8) is 0 Å². The molecule has 2 aromatic rings. The number of benzene rings is 1. The molecule has 1 aliphatic rings. The smallest absolute Gasteiger partial charge is 0.407 e. The van der Waals surface area contributed by atoms with Gasteiger partial charge in [0.1, 0.15) is 11.4 Å². The maximum Gasteiger partial charge on any atom is 0.407 e. The van der Waals surface area contributed by atoms with Crippen LogP contribution in [0.15, 0.2) is 36.5 Å². The third-order valence-electron chi connectivity index (χ3n) is 4.26. The third-order valence-corrected chi connectivity index (χ3v) is 4.26. The third kappa shape index (κ3) is 5.50. The van der Waals surface area contributed by atoms with E-state index in [1.54, 1.807) is 12.3 Å². The van der Waals surface area contributed by atoms with Crippen LogP contribution in [0, 0.1) is 5.82 Å². The van der Waals surface area contributed by atoms with Gasteiger partial charge >= 0.3 is 6.09 Å². The van der Waals surface area contributed by atoms with E-state index < -0.39 is 11.7 Å². The summed E-state index contributed by atoms with van der Waals surface area (Å²) in [6.45, 7) is 5.93. The Morgan fingerprint density at radius 1 is 1.33 bits per heavy atom. The first-order valence-corrected chi connectivity index (χ1v) is 9.14. The molecule has 1 fully saturated rings. The van der Waals surface area contributed by atoms with Crippen LogP contribution in [0.4, 0.5) is 9.18 Å². The Morgan fingerprint density at radius 2 is 2.15 bits per heavy atom. The lowest BCUT2D eigenvalue weighted by molar-refractivity contribution is 0.0136. The molecule has 0 unspecified atom stereocenters. The minimum absolute atomic E-state index is 0.0431. The van der Waals surface area contributed by atoms with E-state index in [1.807, 2.05) is 39.0 Å². The Hall–Kier alpha value is -2.47. The number of ether oxygens (including phenoxy) is 2. The highest BCUT2D eigenvalue weighted by molar-refractivity contribution is 5.87. The predicted octanol–water partition coefficient (Wildman–Crippen LogP) is 4.46. The summed E-state index contributed by atoms with van der Waals surface area (Å²) in [7, 11) is 0. The molecular weight excluding hydrogens is 347 g/mol. The lowest BCUT2D eigenvalue weighted by atomic mass is 10.0. The van der Waals surface area contributed by atoms with Crippen molar-refractivity contribution in [2.24, 2.45) is 0 Å². The quantitative estimate of drug-likeness (QED) is 0.864. The molecule has 144 valence electrons. The summed E-state index contributed by atoms with van der Waals surface area (Å²) in [6, 6.07) is 6.37. The van der Waals surface area contributed by atoms with Crippen molar-refractivity contribution in [2.45, 2.75) is 51.4 Å². The molecule has 0 spiro atoms. The molecule has 0 saturated carbocycles. The lowest BCUT2D eigenvalue weighted by Crippen LogP contribution is -2.44. The number of halogens is 1. The lowest BCUT2D eigenvalue weighted by Gasteiger charge is -2.29. The number of hydrogen-bond acceptors (Lipinski definition) is 4. The van der Waals surface area contributed by atoms with Gasteiger partial charge in [0.25, 0.3) is 0 Å². The topological polar surface area (TPSA) is 60.5 Å². The van der Waals surface area contributed by atoms with E-state index in [9.17, 15) is 9.18 Å². The number of alkyl carbamates (subject to hydrolysis) is 1. The zero-order valence-corrected chi connectivity index (χ0v) is 15.9. The van der Waals surface area contributed by atoms with Crippen molar-refractivity contribution in [2.75, 3.05) is 6.61 Å². The van der Waals surface area contributed by atoms with E-state index in [1.165, 1.54) is 12.1 Å². The molecule has 2 atom stereocenters. The van der Waals surface area contributed by atoms with Crippen LogP contribution in [0.3, 0.4) is 0 Å². The number of pyridine rings is 1.